The maximum Gasteiger partial charge on any atom is 0.143 e. The minimum absolute atomic E-state index is 0.844. The SMILES string of the molecule is c1ccc(-c2ccccc2-c2ccc(N(c3ccc4oc5ccccc5c4c3)c3cccc4oc5c6ccccc6c(-c6ccccc6)cc5c34)cc2)cc1. The van der Waals surface area contributed by atoms with Crippen LogP contribution in [-0.2, 0) is 0 Å². The molecule has 0 unspecified atom stereocenters. The minimum Gasteiger partial charge on any atom is -0.456 e. The zero-order valence-electron chi connectivity index (χ0n) is 29.8. The van der Waals surface area contributed by atoms with Crippen molar-refractivity contribution in [2.24, 2.45) is 0 Å². The van der Waals surface area contributed by atoms with E-state index < -0.39 is 0 Å². The van der Waals surface area contributed by atoms with Gasteiger partial charge in [0.15, 0.2) is 0 Å². The van der Waals surface area contributed by atoms with Crippen LogP contribution in [0.3, 0.4) is 0 Å². The number of anilines is 3. The Bertz CT molecular complexity index is 3190. The Morgan fingerprint density at radius 1 is 0.309 bits per heavy atom. The molecular weight excluding hydrogens is 671 g/mol. The van der Waals surface area contributed by atoms with Crippen LogP contribution in [0.2, 0.25) is 0 Å². The molecule has 0 saturated carbocycles. The van der Waals surface area contributed by atoms with E-state index in [1.807, 2.05) is 12.1 Å². The maximum absolute atomic E-state index is 6.83. The van der Waals surface area contributed by atoms with Crippen LogP contribution in [-0.4, -0.2) is 0 Å². The third-order valence-electron chi connectivity index (χ3n) is 10.9. The van der Waals surface area contributed by atoms with E-state index in [0.29, 0.717) is 0 Å². The molecule has 55 heavy (non-hydrogen) atoms. The highest BCUT2D eigenvalue weighted by Gasteiger charge is 2.23. The van der Waals surface area contributed by atoms with Crippen molar-refractivity contribution in [1.29, 1.82) is 0 Å². The van der Waals surface area contributed by atoms with Gasteiger partial charge in [-0.2, -0.15) is 0 Å². The summed E-state index contributed by atoms with van der Waals surface area (Å²) in [7, 11) is 0. The van der Waals surface area contributed by atoms with Gasteiger partial charge in [0.05, 0.1) is 11.1 Å². The maximum atomic E-state index is 6.83. The summed E-state index contributed by atoms with van der Waals surface area (Å²) in [5.74, 6) is 0. The topological polar surface area (TPSA) is 29.5 Å². The summed E-state index contributed by atoms with van der Waals surface area (Å²) in [5.41, 5.74) is 13.7. The fourth-order valence-corrected chi connectivity index (χ4v) is 8.35. The Balaban J connectivity index is 1.16. The van der Waals surface area contributed by atoms with Gasteiger partial charge < -0.3 is 13.7 Å². The van der Waals surface area contributed by atoms with E-state index in [0.717, 1.165) is 71.9 Å². The smallest absolute Gasteiger partial charge is 0.143 e. The minimum atomic E-state index is 0.844. The first kappa shape index (κ1) is 31.2. The lowest BCUT2D eigenvalue weighted by Gasteiger charge is -2.26. The highest BCUT2D eigenvalue weighted by molar-refractivity contribution is 6.22. The predicted molar refractivity (Wildman–Crippen MR) is 229 cm³/mol. The second kappa shape index (κ2) is 12.6. The van der Waals surface area contributed by atoms with Gasteiger partial charge in [0.2, 0.25) is 0 Å². The van der Waals surface area contributed by atoms with Crippen molar-refractivity contribution in [3.63, 3.8) is 0 Å². The Morgan fingerprint density at radius 2 is 0.873 bits per heavy atom. The summed E-state index contributed by atoms with van der Waals surface area (Å²) >= 11 is 0. The second-order valence-corrected chi connectivity index (χ2v) is 14.0. The highest BCUT2D eigenvalue weighted by atomic mass is 16.3. The first-order chi connectivity index (χ1) is 27.3. The first-order valence-electron chi connectivity index (χ1n) is 18.7. The monoisotopic (exact) mass is 703 g/mol. The lowest BCUT2D eigenvalue weighted by atomic mass is 9.94. The van der Waals surface area contributed by atoms with Crippen molar-refractivity contribution < 1.29 is 8.83 Å². The van der Waals surface area contributed by atoms with Crippen molar-refractivity contribution >= 4 is 71.7 Å². The van der Waals surface area contributed by atoms with Crippen LogP contribution in [0.1, 0.15) is 0 Å². The van der Waals surface area contributed by atoms with Gasteiger partial charge in [-0.15, -0.1) is 0 Å². The summed E-state index contributed by atoms with van der Waals surface area (Å²) in [4.78, 5) is 2.36. The molecule has 0 saturated heterocycles. The lowest BCUT2D eigenvalue weighted by Crippen LogP contribution is -2.10. The molecule has 0 aliphatic rings. The van der Waals surface area contributed by atoms with Gasteiger partial charge >= 0.3 is 0 Å². The number of nitrogens with zero attached hydrogens (tertiary/aromatic N) is 1. The molecule has 3 heteroatoms. The molecule has 3 nitrogen and oxygen atoms in total. The normalized spacial score (nSPS) is 11.6. The molecule has 0 fully saturated rings. The molecule has 11 aromatic rings. The van der Waals surface area contributed by atoms with Gasteiger partial charge in [-0.05, 0) is 93.4 Å². The second-order valence-electron chi connectivity index (χ2n) is 14.0. The van der Waals surface area contributed by atoms with Crippen LogP contribution in [0.15, 0.2) is 209 Å². The lowest BCUT2D eigenvalue weighted by molar-refractivity contribution is 0.669. The van der Waals surface area contributed by atoms with E-state index in [-0.39, 0.29) is 0 Å². The molecular formula is C52H33NO2. The number of para-hydroxylation sites is 1. The van der Waals surface area contributed by atoms with Gasteiger partial charge in [0, 0.05) is 32.9 Å². The van der Waals surface area contributed by atoms with Gasteiger partial charge in [0.1, 0.15) is 22.3 Å². The number of hydrogen-bond acceptors (Lipinski definition) is 3. The van der Waals surface area contributed by atoms with Crippen LogP contribution in [0.4, 0.5) is 17.1 Å². The molecule has 2 heterocycles. The molecule has 0 N–H and O–H groups in total. The molecule has 2 aromatic heterocycles. The molecule has 0 spiro atoms. The number of furan rings is 2. The molecule has 9 aromatic carbocycles. The molecule has 0 amide bonds. The number of hydrogen-bond donors (Lipinski definition) is 0. The standard InChI is InChI=1S/C52H33NO2/c1-3-14-34(15-4-1)39-18-7-8-19-40(39)36-26-28-37(29-27-36)53(38-30-31-49-45(32-38)42-21-11-12-24-48(42)54-49)47-23-13-25-50-51(47)46-33-44(35-16-5-2-6-17-35)41-20-9-10-22-43(41)52(46)55-50/h1-33H. The van der Waals surface area contributed by atoms with Crippen molar-refractivity contribution in [3.8, 4) is 33.4 Å². The Labute approximate surface area is 317 Å². The summed E-state index contributed by atoms with van der Waals surface area (Å²) in [5, 5.41) is 6.58. The summed E-state index contributed by atoms with van der Waals surface area (Å²) in [6, 6.07) is 70.9. The fraction of sp³-hybridized carbons (Fsp3) is 0. The average Bonchev–Trinajstić information content (AvgIpc) is 3.83. The van der Waals surface area contributed by atoms with E-state index in [9.17, 15) is 0 Å². The van der Waals surface area contributed by atoms with Crippen LogP contribution in [0, 0.1) is 0 Å². The van der Waals surface area contributed by atoms with E-state index in [1.54, 1.807) is 0 Å². The predicted octanol–water partition coefficient (Wildman–Crippen LogP) is 15.1. The van der Waals surface area contributed by atoms with E-state index >= 15 is 0 Å². The Morgan fingerprint density at radius 3 is 1.62 bits per heavy atom. The Kier molecular flexibility index (Phi) is 7.17. The van der Waals surface area contributed by atoms with Crippen LogP contribution in [0.25, 0.3) is 88.0 Å². The summed E-state index contributed by atoms with van der Waals surface area (Å²) in [6.07, 6.45) is 0. The molecule has 258 valence electrons. The molecule has 0 bridgehead atoms. The van der Waals surface area contributed by atoms with Gasteiger partial charge in [-0.3, -0.25) is 0 Å². The molecule has 11 rings (SSSR count). The van der Waals surface area contributed by atoms with Crippen molar-refractivity contribution in [2.75, 3.05) is 4.90 Å². The first-order valence-corrected chi connectivity index (χ1v) is 18.7. The summed E-state index contributed by atoms with van der Waals surface area (Å²) < 4.78 is 13.1. The van der Waals surface area contributed by atoms with Crippen molar-refractivity contribution in [3.05, 3.63) is 200 Å². The number of fused-ring (bicyclic) bond motifs is 8. The Hall–Kier alpha value is -7.36. The van der Waals surface area contributed by atoms with E-state index in [2.05, 4.69) is 193 Å². The fourth-order valence-electron chi connectivity index (χ4n) is 8.35. The average molecular weight is 704 g/mol. The summed E-state index contributed by atoms with van der Waals surface area (Å²) in [6.45, 7) is 0. The quantitative estimate of drug-likeness (QED) is 0.173. The largest absolute Gasteiger partial charge is 0.456 e. The van der Waals surface area contributed by atoms with E-state index in [4.69, 9.17) is 8.83 Å². The van der Waals surface area contributed by atoms with Crippen LogP contribution >= 0.6 is 0 Å². The van der Waals surface area contributed by atoms with Gasteiger partial charge in [-0.1, -0.05) is 146 Å². The number of rotatable bonds is 6. The molecule has 0 aliphatic carbocycles. The van der Waals surface area contributed by atoms with Crippen molar-refractivity contribution in [2.45, 2.75) is 0 Å². The van der Waals surface area contributed by atoms with Gasteiger partial charge in [-0.25, -0.2) is 0 Å². The van der Waals surface area contributed by atoms with E-state index in [1.165, 1.54) is 33.2 Å². The molecule has 0 aliphatic heterocycles. The van der Waals surface area contributed by atoms with Crippen LogP contribution in [0.5, 0.6) is 0 Å². The van der Waals surface area contributed by atoms with Crippen molar-refractivity contribution in [1.82, 2.24) is 0 Å². The molecule has 0 radical (unpaired) electrons. The third kappa shape index (κ3) is 5.13. The van der Waals surface area contributed by atoms with Crippen LogP contribution < -0.4 is 4.90 Å². The molecule has 0 atom stereocenters. The zero-order chi connectivity index (χ0) is 36.3. The highest BCUT2D eigenvalue weighted by Crippen LogP contribution is 2.47. The number of benzene rings is 9. The third-order valence-corrected chi connectivity index (χ3v) is 10.9. The van der Waals surface area contributed by atoms with Gasteiger partial charge in [0.25, 0.3) is 0 Å². The zero-order valence-corrected chi connectivity index (χ0v) is 29.8.